The maximum atomic E-state index is 11.9. The lowest BCUT2D eigenvalue weighted by Crippen LogP contribution is -2.51. The lowest BCUT2D eigenvalue weighted by molar-refractivity contribution is -0.126. The summed E-state index contributed by atoms with van der Waals surface area (Å²) in [5.74, 6) is -0.0958. The molecule has 0 saturated heterocycles. The number of hydrogen-bond donors (Lipinski definition) is 2. The van der Waals surface area contributed by atoms with Gasteiger partial charge in [-0.05, 0) is 43.9 Å². The fourth-order valence-electron chi connectivity index (χ4n) is 2.04. The van der Waals surface area contributed by atoms with Crippen molar-refractivity contribution in [2.45, 2.75) is 45.1 Å². The Kier molecular flexibility index (Phi) is 6.80. The fraction of sp³-hybridized carbons (Fsp3) is 0.533. The lowest BCUT2D eigenvalue weighted by Gasteiger charge is -2.22. The minimum Gasteiger partial charge on any atom is -0.355 e. The number of hydrogen-bond acceptors (Lipinski definition) is 2. The molecular formula is C15H22Cl2N2O. The maximum Gasteiger partial charge on any atom is 0.239 e. The molecule has 0 spiro atoms. The number of nitrogens with two attached hydrogens (primary N) is 1. The second kappa shape index (κ2) is 7.87. The molecule has 0 aliphatic heterocycles. The first-order chi connectivity index (χ1) is 9.36. The minimum atomic E-state index is -0.785. The molecule has 0 fully saturated rings. The standard InChI is InChI=1S/C15H22Cl2N2O/c1-3-8-15(2,18)14(20)19-9-4-5-11-6-7-12(16)10-13(11)17/h6-7,10H,3-5,8-9,18H2,1-2H3,(H,19,20). The zero-order valence-corrected chi connectivity index (χ0v) is 13.5. The molecule has 0 saturated carbocycles. The van der Waals surface area contributed by atoms with E-state index in [4.69, 9.17) is 28.9 Å². The van der Waals surface area contributed by atoms with E-state index < -0.39 is 5.54 Å². The van der Waals surface area contributed by atoms with E-state index in [1.807, 2.05) is 19.1 Å². The van der Waals surface area contributed by atoms with Crippen LogP contribution in [0.25, 0.3) is 0 Å². The topological polar surface area (TPSA) is 55.1 Å². The normalized spacial score (nSPS) is 13.8. The van der Waals surface area contributed by atoms with E-state index in [9.17, 15) is 4.79 Å². The number of amides is 1. The van der Waals surface area contributed by atoms with Crippen LogP contribution in [0.1, 0.15) is 38.7 Å². The summed E-state index contributed by atoms with van der Waals surface area (Å²) in [6.45, 7) is 4.37. The number of rotatable bonds is 7. The summed E-state index contributed by atoms with van der Waals surface area (Å²) >= 11 is 11.9. The van der Waals surface area contributed by atoms with Crippen LogP contribution in [0.4, 0.5) is 0 Å². The molecule has 0 bridgehead atoms. The number of halogens is 2. The van der Waals surface area contributed by atoms with E-state index in [1.54, 1.807) is 13.0 Å². The second-order valence-electron chi connectivity index (χ2n) is 5.26. The smallest absolute Gasteiger partial charge is 0.239 e. The van der Waals surface area contributed by atoms with Gasteiger partial charge in [-0.3, -0.25) is 4.79 Å². The molecule has 3 N–H and O–H groups in total. The van der Waals surface area contributed by atoms with Gasteiger partial charge in [0.15, 0.2) is 0 Å². The highest BCUT2D eigenvalue weighted by Crippen LogP contribution is 2.21. The van der Waals surface area contributed by atoms with E-state index in [2.05, 4.69) is 5.32 Å². The van der Waals surface area contributed by atoms with Gasteiger partial charge in [0.1, 0.15) is 0 Å². The third-order valence-electron chi connectivity index (χ3n) is 3.21. The van der Waals surface area contributed by atoms with Gasteiger partial charge < -0.3 is 11.1 Å². The zero-order valence-electron chi connectivity index (χ0n) is 12.0. The molecule has 5 heteroatoms. The third-order valence-corrected chi connectivity index (χ3v) is 3.80. The Labute approximate surface area is 130 Å². The first kappa shape index (κ1) is 17.3. The van der Waals surface area contributed by atoms with Crippen LogP contribution in [0.3, 0.4) is 0 Å². The molecule has 1 unspecified atom stereocenters. The molecule has 1 atom stereocenters. The average molecular weight is 317 g/mol. The summed E-state index contributed by atoms with van der Waals surface area (Å²) in [4.78, 5) is 11.9. The van der Waals surface area contributed by atoms with Crippen LogP contribution >= 0.6 is 23.2 Å². The van der Waals surface area contributed by atoms with Gasteiger partial charge in [0.05, 0.1) is 5.54 Å². The van der Waals surface area contributed by atoms with Crippen molar-refractivity contribution in [2.75, 3.05) is 6.54 Å². The van der Waals surface area contributed by atoms with Crippen LogP contribution in [0.15, 0.2) is 18.2 Å². The Balaban J connectivity index is 2.36. The van der Waals surface area contributed by atoms with Gasteiger partial charge >= 0.3 is 0 Å². The van der Waals surface area contributed by atoms with Crippen LogP contribution in [0.5, 0.6) is 0 Å². The summed E-state index contributed by atoms with van der Waals surface area (Å²) in [5.41, 5.74) is 6.21. The van der Waals surface area contributed by atoms with Crippen molar-refractivity contribution >= 4 is 29.1 Å². The first-order valence-corrected chi connectivity index (χ1v) is 7.63. The Bertz CT molecular complexity index is 461. The number of carbonyl (C=O) groups is 1. The molecule has 20 heavy (non-hydrogen) atoms. The number of nitrogens with one attached hydrogen (secondary N) is 1. The van der Waals surface area contributed by atoms with Crippen LogP contribution in [0, 0.1) is 0 Å². The minimum absolute atomic E-state index is 0.0958. The van der Waals surface area contributed by atoms with Gasteiger partial charge in [-0.15, -0.1) is 0 Å². The third kappa shape index (κ3) is 5.31. The summed E-state index contributed by atoms with van der Waals surface area (Å²) in [5, 5.41) is 4.17. The van der Waals surface area contributed by atoms with Gasteiger partial charge in [-0.2, -0.15) is 0 Å². The Morgan fingerprint density at radius 3 is 2.70 bits per heavy atom. The molecular weight excluding hydrogens is 295 g/mol. The molecule has 3 nitrogen and oxygen atoms in total. The molecule has 1 aromatic rings. The van der Waals surface area contributed by atoms with Crippen molar-refractivity contribution in [3.05, 3.63) is 33.8 Å². The van der Waals surface area contributed by atoms with Crippen molar-refractivity contribution in [3.63, 3.8) is 0 Å². The molecule has 0 aromatic heterocycles. The van der Waals surface area contributed by atoms with E-state index in [-0.39, 0.29) is 5.91 Å². The van der Waals surface area contributed by atoms with E-state index in [0.717, 1.165) is 24.8 Å². The molecule has 1 rings (SSSR count). The SMILES string of the molecule is CCCC(C)(N)C(=O)NCCCc1ccc(Cl)cc1Cl. The van der Waals surface area contributed by atoms with Gasteiger partial charge in [0, 0.05) is 16.6 Å². The number of carbonyl (C=O) groups excluding carboxylic acids is 1. The van der Waals surface area contributed by atoms with Gasteiger partial charge in [-0.1, -0.05) is 42.6 Å². The molecule has 0 radical (unpaired) electrons. The summed E-state index contributed by atoms with van der Waals surface area (Å²) < 4.78 is 0. The molecule has 0 aliphatic rings. The largest absolute Gasteiger partial charge is 0.355 e. The van der Waals surface area contributed by atoms with Crippen LogP contribution in [-0.4, -0.2) is 18.0 Å². The summed E-state index contributed by atoms with van der Waals surface area (Å²) in [7, 11) is 0. The van der Waals surface area contributed by atoms with E-state index in [0.29, 0.717) is 23.0 Å². The van der Waals surface area contributed by atoms with E-state index >= 15 is 0 Å². The molecule has 0 aliphatic carbocycles. The highest BCUT2D eigenvalue weighted by Gasteiger charge is 2.26. The van der Waals surface area contributed by atoms with Gasteiger partial charge in [0.25, 0.3) is 0 Å². The van der Waals surface area contributed by atoms with Gasteiger partial charge in [-0.25, -0.2) is 0 Å². The fourth-order valence-corrected chi connectivity index (χ4v) is 2.54. The summed E-state index contributed by atoms with van der Waals surface area (Å²) in [6, 6.07) is 5.46. The highest BCUT2D eigenvalue weighted by molar-refractivity contribution is 6.35. The average Bonchev–Trinajstić information content (AvgIpc) is 2.36. The Morgan fingerprint density at radius 1 is 1.40 bits per heavy atom. The predicted octanol–water partition coefficient (Wildman–Crippen LogP) is 3.56. The Hall–Kier alpha value is -0.770. The molecule has 112 valence electrons. The Morgan fingerprint density at radius 2 is 2.10 bits per heavy atom. The van der Waals surface area contributed by atoms with E-state index in [1.165, 1.54) is 0 Å². The molecule has 1 amide bonds. The van der Waals surface area contributed by atoms with Crippen molar-refractivity contribution in [3.8, 4) is 0 Å². The van der Waals surface area contributed by atoms with Crippen LogP contribution in [-0.2, 0) is 11.2 Å². The second-order valence-corrected chi connectivity index (χ2v) is 6.11. The van der Waals surface area contributed by atoms with Crippen molar-refractivity contribution in [2.24, 2.45) is 5.73 Å². The zero-order chi connectivity index (χ0) is 15.2. The predicted molar refractivity (Wildman–Crippen MR) is 85.3 cm³/mol. The number of benzene rings is 1. The molecule has 0 heterocycles. The number of aryl methyl sites for hydroxylation is 1. The van der Waals surface area contributed by atoms with Gasteiger partial charge in [0.2, 0.25) is 5.91 Å². The lowest BCUT2D eigenvalue weighted by atomic mass is 9.96. The summed E-state index contributed by atoms with van der Waals surface area (Å²) in [6.07, 6.45) is 3.18. The van der Waals surface area contributed by atoms with Crippen molar-refractivity contribution in [1.29, 1.82) is 0 Å². The monoisotopic (exact) mass is 316 g/mol. The van der Waals surface area contributed by atoms with Crippen LogP contribution in [0.2, 0.25) is 10.0 Å². The van der Waals surface area contributed by atoms with Crippen molar-refractivity contribution < 1.29 is 4.79 Å². The highest BCUT2D eigenvalue weighted by atomic mass is 35.5. The quantitative estimate of drug-likeness (QED) is 0.756. The maximum absolute atomic E-state index is 11.9. The van der Waals surface area contributed by atoms with Crippen LogP contribution < -0.4 is 11.1 Å². The van der Waals surface area contributed by atoms with Crippen molar-refractivity contribution in [1.82, 2.24) is 5.32 Å². The first-order valence-electron chi connectivity index (χ1n) is 6.88. The molecule has 1 aromatic carbocycles.